The third kappa shape index (κ3) is 10.5. The molecular weight excluding hydrogens is 709 g/mol. The number of nitrogens with two attached hydrogens (primary N) is 1. The zero-order chi connectivity index (χ0) is 39.0. The third-order valence-corrected chi connectivity index (χ3v) is 11.6. The Balaban J connectivity index is 1.37. The molecule has 0 aliphatic carbocycles. The average Bonchev–Trinajstić information content (AvgIpc) is 3.14. The molecule has 3 aromatic carbocycles. The first-order valence-electron chi connectivity index (χ1n) is 17.9. The van der Waals surface area contributed by atoms with Crippen LogP contribution in [-0.4, -0.2) is 95.1 Å². The molecule has 1 saturated heterocycles. The van der Waals surface area contributed by atoms with Gasteiger partial charge in [-0.15, -0.1) is 0 Å². The maximum absolute atomic E-state index is 13.9. The first-order valence-corrected chi connectivity index (χ1v) is 19.5. The Morgan fingerprint density at radius 3 is 2.22 bits per heavy atom. The van der Waals surface area contributed by atoms with E-state index >= 15 is 0 Å². The SMILES string of the molecule is CC(C)(C)NC(=O)[C@@H]1CC(S(=O)(=O)c2ccccc2)CCN1CC(O)C(Cc1ccccc1)NC(=O)[C@H](CC(N)=O)NC(=O)c1ccc2ccccc2n1. The number of carbonyl (C=O) groups excluding carboxylic acids is 4. The maximum atomic E-state index is 13.9. The quantitative estimate of drug-likeness (QED) is 0.128. The standard InChI is InChI=1S/C40H48N6O7S/c1-40(2,3)45-39(51)34-23-29(54(52,53)28-15-8-5-9-16-28)20-21-46(34)25-35(47)32(22-26-12-6-4-7-13-26)43-38(50)33(24-36(41)48)44-37(49)31-19-18-27-14-10-11-17-30(27)42-31/h4-19,29,32-35,47H,20-25H2,1-3H3,(H2,41,48)(H,43,50)(H,44,49)(H,45,51)/t29?,32?,33-,34-,35?/m0/s1. The van der Waals surface area contributed by atoms with Crippen molar-refractivity contribution in [2.24, 2.45) is 5.73 Å². The number of likely N-dealkylation sites (tertiary alicyclic amines) is 1. The molecule has 0 spiro atoms. The molecular formula is C40H48N6O7S. The summed E-state index contributed by atoms with van der Waals surface area (Å²) in [5, 5.41) is 20.2. The number of aromatic nitrogens is 1. The Morgan fingerprint density at radius 2 is 1.56 bits per heavy atom. The minimum atomic E-state index is -3.76. The summed E-state index contributed by atoms with van der Waals surface area (Å²) in [4.78, 5) is 59.3. The number of amides is 4. The number of β-amino-alcohol motifs (C(OH)–C–C–N with tert-alkyl or cyclic N) is 1. The van der Waals surface area contributed by atoms with Crippen LogP contribution in [0, 0.1) is 0 Å². The lowest BCUT2D eigenvalue weighted by Gasteiger charge is -2.41. The van der Waals surface area contributed by atoms with Crippen molar-refractivity contribution in [3.8, 4) is 0 Å². The predicted molar refractivity (Wildman–Crippen MR) is 205 cm³/mol. The van der Waals surface area contributed by atoms with Crippen molar-refractivity contribution in [3.63, 3.8) is 0 Å². The fourth-order valence-corrected chi connectivity index (χ4v) is 8.42. The number of pyridine rings is 1. The first-order chi connectivity index (χ1) is 25.6. The Kier molecular flexibility index (Phi) is 12.8. The smallest absolute Gasteiger partial charge is 0.270 e. The van der Waals surface area contributed by atoms with Gasteiger partial charge in [0.2, 0.25) is 17.7 Å². The minimum Gasteiger partial charge on any atom is -0.390 e. The summed E-state index contributed by atoms with van der Waals surface area (Å²) in [5.41, 5.74) is 6.28. The molecule has 1 aliphatic heterocycles. The number of nitrogens with zero attached hydrogens (tertiary/aromatic N) is 2. The summed E-state index contributed by atoms with van der Waals surface area (Å²) in [7, 11) is -3.76. The number of benzene rings is 3. The van der Waals surface area contributed by atoms with Gasteiger partial charge in [0.1, 0.15) is 11.7 Å². The summed E-state index contributed by atoms with van der Waals surface area (Å²) in [5.74, 6) is -2.65. The van der Waals surface area contributed by atoms with Gasteiger partial charge in [0.25, 0.3) is 5.91 Å². The highest BCUT2D eigenvalue weighted by molar-refractivity contribution is 7.92. The second-order valence-electron chi connectivity index (χ2n) is 14.7. The summed E-state index contributed by atoms with van der Waals surface area (Å²) in [6, 6.07) is 24.5. The number of para-hydroxylation sites is 1. The Bertz CT molecular complexity index is 2060. The molecule has 6 N–H and O–H groups in total. The predicted octanol–water partition coefficient (Wildman–Crippen LogP) is 2.52. The van der Waals surface area contributed by atoms with E-state index in [1.807, 2.05) is 63.2 Å². The average molecular weight is 757 g/mol. The first kappa shape index (κ1) is 40.0. The number of carbonyl (C=O) groups is 4. The van der Waals surface area contributed by atoms with Gasteiger partial charge in [0.05, 0.1) is 40.3 Å². The van der Waals surface area contributed by atoms with Gasteiger partial charge in [-0.3, -0.25) is 24.1 Å². The normalized spacial score (nSPS) is 18.2. The Hall–Kier alpha value is -5.18. The molecule has 14 heteroatoms. The van der Waals surface area contributed by atoms with Crippen molar-refractivity contribution in [1.29, 1.82) is 0 Å². The number of fused-ring (bicyclic) bond motifs is 1. The minimum absolute atomic E-state index is 0.00288. The van der Waals surface area contributed by atoms with Crippen LogP contribution in [0.25, 0.3) is 10.9 Å². The molecule has 5 atom stereocenters. The number of hydrogen-bond acceptors (Lipinski definition) is 9. The van der Waals surface area contributed by atoms with Gasteiger partial charge in [0, 0.05) is 24.0 Å². The third-order valence-electron chi connectivity index (χ3n) is 9.35. The molecule has 54 heavy (non-hydrogen) atoms. The molecule has 1 aliphatic rings. The molecule has 0 bridgehead atoms. The number of hydrogen-bond donors (Lipinski definition) is 5. The highest BCUT2D eigenvalue weighted by atomic mass is 32.2. The second kappa shape index (κ2) is 17.3. The number of primary amides is 1. The van der Waals surface area contributed by atoms with Crippen LogP contribution in [0.15, 0.2) is 102 Å². The fourth-order valence-electron chi connectivity index (χ4n) is 6.65. The second-order valence-corrected chi connectivity index (χ2v) is 16.9. The lowest BCUT2D eigenvalue weighted by molar-refractivity contribution is -0.130. The molecule has 0 saturated carbocycles. The van der Waals surface area contributed by atoms with E-state index in [1.54, 1.807) is 53.4 Å². The van der Waals surface area contributed by atoms with Crippen LogP contribution in [0.2, 0.25) is 0 Å². The van der Waals surface area contributed by atoms with Crippen LogP contribution in [0.1, 0.15) is 56.1 Å². The van der Waals surface area contributed by atoms with Gasteiger partial charge in [-0.05, 0) is 69.9 Å². The number of nitrogens with one attached hydrogen (secondary N) is 3. The fraction of sp³-hybridized carbons (Fsp3) is 0.375. The Labute approximate surface area is 315 Å². The van der Waals surface area contributed by atoms with E-state index < -0.39 is 69.0 Å². The van der Waals surface area contributed by atoms with Gasteiger partial charge in [0.15, 0.2) is 9.84 Å². The molecule has 3 unspecified atom stereocenters. The van der Waals surface area contributed by atoms with Crippen molar-refractivity contribution in [2.75, 3.05) is 13.1 Å². The highest BCUT2D eigenvalue weighted by Crippen LogP contribution is 2.29. The summed E-state index contributed by atoms with van der Waals surface area (Å²) in [6.45, 7) is 5.57. The van der Waals surface area contributed by atoms with Gasteiger partial charge >= 0.3 is 0 Å². The van der Waals surface area contributed by atoms with E-state index in [0.717, 1.165) is 10.9 Å². The van der Waals surface area contributed by atoms with Crippen LogP contribution in [-0.2, 0) is 30.6 Å². The molecule has 1 fully saturated rings. The van der Waals surface area contributed by atoms with Crippen molar-refractivity contribution in [1.82, 2.24) is 25.8 Å². The van der Waals surface area contributed by atoms with E-state index in [0.29, 0.717) is 5.52 Å². The largest absolute Gasteiger partial charge is 0.390 e. The van der Waals surface area contributed by atoms with E-state index in [4.69, 9.17) is 5.73 Å². The zero-order valence-corrected chi connectivity index (χ0v) is 31.5. The number of piperidine rings is 1. The number of rotatable bonds is 14. The van der Waals surface area contributed by atoms with E-state index in [-0.39, 0.29) is 48.8 Å². The van der Waals surface area contributed by atoms with Crippen molar-refractivity contribution >= 4 is 44.4 Å². The molecule has 5 rings (SSSR count). The monoisotopic (exact) mass is 756 g/mol. The molecule has 13 nitrogen and oxygen atoms in total. The molecule has 4 aromatic rings. The van der Waals surface area contributed by atoms with Crippen molar-refractivity contribution < 1.29 is 32.7 Å². The van der Waals surface area contributed by atoms with Crippen LogP contribution >= 0.6 is 0 Å². The number of aliphatic hydroxyl groups excluding tert-OH is 1. The summed E-state index contributed by atoms with van der Waals surface area (Å²) >= 11 is 0. The number of aliphatic hydroxyl groups is 1. The summed E-state index contributed by atoms with van der Waals surface area (Å²) in [6.07, 6.45) is -1.41. The van der Waals surface area contributed by atoms with Crippen molar-refractivity contribution in [3.05, 3.63) is 108 Å². The molecule has 2 heterocycles. The highest BCUT2D eigenvalue weighted by Gasteiger charge is 2.42. The molecule has 4 amide bonds. The van der Waals surface area contributed by atoms with Gasteiger partial charge in [-0.1, -0.05) is 72.8 Å². The van der Waals surface area contributed by atoms with E-state index in [9.17, 15) is 32.7 Å². The lowest BCUT2D eigenvalue weighted by atomic mass is 9.96. The zero-order valence-electron chi connectivity index (χ0n) is 30.6. The maximum Gasteiger partial charge on any atom is 0.270 e. The van der Waals surface area contributed by atoms with E-state index in [2.05, 4.69) is 20.9 Å². The van der Waals surface area contributed by atoms with Crippen LogP contribution in [0.4, 0.5) is 0 Å². The Morgan fingerprint density at radius 1 is 0.907 bits per heavy atom. The number of sulfone groups is 1. The molecule has 1 aromatic heterocycles. The van der Waals surface area contributed by atoms with Crippen LogP contribution < -0.4 is 21.7 Å². The topological polar surface area (TPSA) is 201 Å². The van der Waals surface area contributed by atoms with Gasteiger partial charge < -0.3 is 26.8 Å². The van der Waals surface area contributed by atoms with Gasteiger partial charge in [-0.2, -0.15) is 0 Å². The van der Waals surface area contributed by atoms with Crippen LogP contribution in [0.5, 0.6) is 0 Å². The van der Waals surface area contributed by atoms with Gasteiger partial charge in [-0.25, -0.2) is 13.4 Å². The van der Waals surface area contributed by atoms with E-state index in [1.165, 1.54) is 6.07 Å². The molecule has 0 radical (unpaired) electrons. The van der Waals surface area contributed by atoms with Crippen molar-refractivity contribution in [2.45, 2.75) is 86.4 Å². The van der Waals surface area contributed by atoms with Crippen LogP contribution in [0.3, 0.4) is 0 Å². The molecule has 286 valence electrons. The summed E-state index contributed by atoms with van der Waals surface area (Å²) < 4.78 is 27.3. The lowest BCUT2D eigenvalue weighted by Crippen LogP contribution is -2.60.